The van der Waals surface area contributed by atoms with Gasteiger partial charge in [0.1, 0.15) is 0 Å². The van der Waals surface area contributed by atoms with Crippen LogP contribution < -0.4 is 0 Å². The summed E-state index contributed by atoms with van der Waals surface area (Å²) in [7, 11) is 0. The zero-order valence-corrected chi connectivity index (χ0v) is 9.54. The summed E-state index contributed by atoms with van der Waals surface area (Å²) in [4.78, 5) is 12.4. The molecule has 0 fully saturated rings. The Bertz CT molecular complexity index is 387. The third-order valence-corrected chi connectivity index (χ3v) is 4.04. The molecule has 0 radical (unpaired) electrons. The van der Waals surface area contributed by atoms with E-state index in [4.69, 9.17) is 11.6 Å². The SMILES string of the molecule is CC(=O)c1cc(Cl)c2c(c1)CCCS2. The van der Waals surface area contributed by atoms with Crippen molar-refractivity contribution in [1.82, 2.24) is 0 Å². The lowest BCUT2D eigenvalue weighted by Crippen LogP contribution is -2.02. The van der Waals surface area contributed by atoms with Crippen LogP contribution in [0.5, 0.6) is 0 Å². The minimum absolute atomic E-state index is 0.0882. The quantitative estimate of drug-likeness (QED) is 0.681. The van der Waals surface area contributed by atoms with Crippen LogP contribution in [0.3, 0.4) is 0 Å². The summed E-state index contributed by atoms with van der Waals surface area (Å²) in [5, 5.41) is 0.734. The number of Topliss-reactive ketones (excluding diaryl/α,β-unsaturated/α-hetero) is 1. The van der Waals surface area contributed by atoms with Gasteiger partial charge in [0.15, 0.2) is 5.78 Å². The number of fused-ring (bicyclic) bond motifs is 1. The molecule has 1 aliphatic rings. The predicted molar refractivity (Wildman–Crippen MR) is 60.5 cm³/mol. The van der Waals surface area contributed by atoms with Gasteiger partial charge in [0.25, 0.3) is 0 Å². The molecule has 1 aromatic rings. The Morgan fingerprint density at radius 3 is 3.00 bits per heavy atom. The highest BCUT2D eigenvalue weighted by atomic mass is 35.5. The second-order valence-corrected chi connectivity index (χ2v) is 4.97. The summed E-state index contributed by atoms with van der Waals surface area (Å²) >= 11 is 7.91. The Morgan fingerprint density at radius 2 is 2.29 bits per heavy atom. The van der Waals surface area contributed by atoms with Gasteiger partial charge in [0, 0.05) is 10.5 Å². The first-order valence-electron chi connectivity index (χ1n) is 4.64. The van der Waals surface area contributed by atoms with Gasteiger partial charge in [0.2, 0.25) is 0 Å². The van der Waals surface area contributed by atoms with E-state index in [0.717, 1.165) is 22.8 Å². The maximum absolute atomic E-state index is 11.2. The number of carbonyl (C=O) groups is 1. The van der Waals surface area contributed by atoms with E-state index in [2.05, 4.69) is 0 Å². The second-order valence-electron chi connectivity index (χ2n) is 3.45. The fourth-order valence-electron chi connectivity index (χ4n) is 1.64. The molecule has 0 atom stereocenters. The van der Waals surface area contributed by atoms with E-state index >= 15 is 0 Å². The van der Waals surface area contributed by atoms with E-state index in [0.29, 0.717) is 0 Å². The van der Waals surface area contributed by atoms with Crippen LogP contribution in [-0.2, 0) is 6.42 Å². The standard InChI is InChI=1S/C11H11ClOS/c1-7(13)9-5-8-3-2-4-14-11(8)10(12)6-9/h5-6H,2-4H2,1H3. The summed E-state index contributed by atoms with van der Waals surface area (Å²) in [6, 6.07) is 3.76. The van der Waals surface area contributed by atoms with Crippen LogP contribution in [0.1, 0.15) is 29.3 Å². The number of ketones is 1. The van der Waals surface area contributed by atoms with Crippen molar-refractivity contribution in [2.45, 2.75) is 24.7 Å². The minimum atomic E-state index is 0.0882. The number of thioether (sulfide) groups is 1. The summed E-state index contributed by atoms with van der Waals surface area (Å²) in [6.07, 6.45) is 2.22. The number of rotatable bonds is 1. The van der Waals surface area contributed by atoms with E-state index in [1.807, 2.05) is 6.07 Å². The Morgan fingerprint density at radius 1 is 1.50 bits per heavy atom. The molecule has 74 valence electrons. The first-order valence-corrected chi connectivity index (χ1v) is 6.01. The number of benzene rings is 1. The zero-order valence-electron chi connectivity index (χ0n) is 7.97. The highest BCUT2D eigenvalue weighted by Gasteiger charge is 2.15. The molecule has 1 aliphatic heterocycles. The summed E-state index contributed by atoms with van der Waals surface area (Å²) in [6.45, 7) is 1.58. The largest absolute Gasteiger partial charge is 0.295 e. The predicted octanol–water partition coefficient (Wildman–Crippen LogP) is 3.58. The molecular weight excluding hydrogens is 216 g/mol. The van der Waals surface area contributed by atoms with Crippen LogP contribution in [0.2, 0.25) is 5.02 Å². The van der Waals surface area contributed by atoms with Gasteiger partial charge >= 0.3 is 0 Å². The van der Waals surface area contributed by atoms with Crippen LogP contribution in [-0.4, -0.2) is 11.5 Å². The summed E-state index contributed by atoms with van der Waals surface area (Å²) in [5.41, 5.74) is 1.97. The maximum atomic E-state index is 11.2. The minimum Gasteiger partial charge on any atom is -0.295 e. The van der Waals surface area contributed by atoms with E-state index in [1.165, 1.54) is 16.9 Å². The van der Waals surface area contributed by atoms with Gasteiger partial charge in [-0.05, 0) is 43.2 Å². The number of aryl methyl sites for hydroxylation is 1. The molecule has 0 unspecified atom stereocenters. The molecule has 1 nitrogen and oxygen atoms in total. The van der Waals surface area contributed by atoms with Gasteiger partial charge in [-0.1, -0.05) is 11.6 Å². The lowest BCUT2D eigenvalue weighted by molar-refractivity contribution is 0.101. The molecule has 2 rings (SSSR count). The highest BCUT2D eigenvalue weighted by Crippen LogP contribution is 2.36. The zero-order chi connectivity index (χ0) is 10.1. The van der Waals surface area contributed by atoms with Crippen LogP contribution in [0.15, 0.2) is 17.0 Å². The molecule has 0 saturated heterocycles. The van der Waals surface area contributed by atoms with Crippen molar-refractivity contribution < 1.29 is 4.79 Å². The number of hydrogen-bond acceptors (Lipinski definition) is 2. The molecule has 0 spiro atoms. The molecule has 0 aliphatic carbocycles. The molecule has 1 aromatic carbocycles. The monoisotopic (exact) mass is 226 g/mol. The smallest absolute Gasteiger partial charge is 0.159 e. The summed E-state index contributed by atoms with van der Waals surface area (Å²) < 4.78 is 0. The molecule has 0 N–H and O–H groups in total. The van der Waals surface area contributed by atoms with E-state index in [1.54, 1.807) is 24.8 Å². The Hall–Kier alpha value is -0.470. The molecule has 0 bridgehead atoms. The van der Waals surface area contributed by atoms with Crippen molar-refractivity contribution in [3.63, 3.8) is 0 Å². The highest BCUT2D eigenvalue weighted by molar-refractivity contribution is 7.99. The van der Waals surface area contributed by atoms with Crippen molar-refractivity contribution in [1.29, 1.82) is 0 Å². The normalized spacial score (nSPS) is 15.0. The van der Waals surface area contributed by atoms with Gasteiger partial charge in [-0.15, -0.1) is 11.8 Å². The second kappa shape index (κ2) is 3.95. The van der Waals surface area contributed by atoms with Crippen molar-refractivity contribution in [2.24, 2.45) is 0 Å². The first kappa shape index (κ1) is 10.1. The molecular formula is C11H11ClOS. The number of halogens is 1. The van der Waals surface area contributed by atoms with Crippen LogP contribution in [0.25, 0.3) is 0 Å². The van der Waals surface area contributed by atoms with E-state index in [9.17, 15) is 4.79 Å². The molecule has 1 heterocycles. The van der Waals surface area contributed by atoms with Gasteiger partial charge in [-0.25, -0.2) is 0 Å². The average molecular weight is 227 g/mol. The average Bonchev–Trinajstić information content (AvgIpc) is 2.17. The van der Waals surface area contributed by atoms with Gasteiger partial charge in [0.05, 0.1) is 5.02 Å². The topological polar surface area (TPSA) is 17.1 Å². The lowest BCUT2D eigenvalue weighted by Gasteiger charge is -2.17. The maximum Gasteiger partial charge on any atom is 0.159 e. The molecule has 0 aromatic heterocycles. The van der Waals surface area contributed by atoms with Crippen LogP contribution in [0.4, 0.5) is 0 Å². The first-order chi connectivity index (χ1) is 6.68. The van der Waals surface area contributed by atoms with Gasteiger partial charge in [-0.3, -0.25) is 4.79 Å². The van der Waals surface area contributed by atoms with Gasteiger partial charge in [-0.2, -0.15) is 0 Å². The van der Waals surface area contributed by atoms with Gasteiger partial charge < -0.3 is 0 Å². The Labute approximate surface area is 92.8 Å². The fourth-order valence-corrected chi connectivity index (χ4v) is 3.08. The fraction of sp³-hybridized carbons (Fsp3) is 0.364. The Kier molecular flexibility index (Phi) is 2.84. The third kappa shape index (κ3) is 1.82. The van der Waals surface area contributed by atoms with Crippen LogP contribution >= 0.6 is 23.4 Å². The number of hydrogen-bond donors (Lipinski definition) is 0. The molecule has 14 heavy (non-hydrogen) atoms. The molecule has 0 amide bonds. The Balaban J connectivity index is 2.51. The molecule has 3 heteroatoms. The molecule has 0 saturated carbocycles. The summed E-state index contributed by atoms with van der Waals surface area (Å²) in [5.74, 6) is 1.22. The third-order valence-electron chi connectivity index (χ3n) is 2.36. The van der Waals surface area contributed by atoms with Crippen molar-refractivity contribution in [3.8, 4) is 0 Å². The van der Waals surface area contributed by atoms with Crippen molar-refractivity contribution in [3.05, 3.63) is 28.3 Å². The van der Waals surface area contributed by atoms with E-state index < -0.39 is 0 Å². The van der Waals surface area contributed by atoms with Crippen molar-refractivity contribution >= 4 is 29.1 Å². The number of carbonyl (C=O) groups excluding carboxylic acids is 1. The lowest BCUT2D eigenvalue weighted by atomic mass is 10.0. The van der Waals surface area contributed by atoms with Crippen LogP contribution in [0, 0.1) is 0 Å². The van der Waals surface area contributed by atoms with E-state index in [-0.39, 0.29) is 5.78 Å². The van der Waals surface area contributed by atoms with Crippen molar-refractivity contribution in [2.75, 3.05) is 5.75 Å².